The second kappa shape index (κ2) is 7.85. The number of carbonyl (C=O) groups is 1. The minimum Gasteiger partial charge on any atom is -0.465 e. The van der Waals surface area contributed by atoms with E-state index in [1.54, 1.807) is 0 Å². The summed E-state index contributed by atoms with van der Waals surface area (Å²) in [5, 5.41) is 4.42. The van der Waals surface area contributed by atoms with Crippen molar-refractivity contribution in [1.29, 1.82) is 0 Å². The summed E-state index contributed by atoms with van der Waals surface area (Å²) in [6, 6.07) is 0.410. The number of thiophene rings is 1. The lowest BCUT2D eigenvalue weighted by Gasteiger charge is -2.36. The predicted molar refractivity (Wildman–Crippen MR) is 105 cm³/mol. The summed E-state index contributed by atoms with van der Waals surface area (Å²) in [6.45, 7) is 11.2. The van der Waals surface area contributed by atoms with Gasteiger partial charge >= 0.3 is 5.97 Å². The van der Waals surface area contributed by atoms with E-state index in [0.29, 0.717) is 16.7 Å². The molecule has 1 saturated heterocycles. The van der Waals surface area contributed by atoms with Gasteiger partial charge in [0.15, 0.2) is 0 Å². The number of aromatic nitrogens is 2. The molecule has 7 nitrogen and oxygen atoms in total. The molecule has 1 aliphatic heterocycles. The van der Waals surface area contributed by atoms with E-state index in [1.165, 1.54) is 18.4 Å². The Hall–Kier alpha value is -1.77. The first-order chi connectivity index (χ1) is 12.4. The van der Waals surface area contributed by atoms with Crippen LogP contribution in [0.4, 0.5) is 5.82 Å². The highest BCUT2D eigenvalue weighted by Crippen LogP contribution is 2.34. The van der Waals surface area contributed by atoms with Crippen LogP contribution in [0.2, 0.25) is 0 Å². The molecule has 1 aliphatic rings. The third-order valence-electron chi connectivity index (χ3n) is 5.00. The van der Waals surface area contributed by atoms with Crippen LogP contribution in [-0.2, 0) is 4.74 Å². The topological polar surface area (TPSA) is 70.6 Å². The average molecular weight is 378 g/mol. The molecule has 3 rings (SSSR count). The summed E-state index contributed by atoms with van der Waals surface area (Å²) >= 11 is 1.37. The number of aryl methyl sites for hydroxylation is 2. The summed E-state index contributed by atoms with van der Waals surface area (Å²) in [6.07, 6.45) is 0. The van der Waals surface area contributed by atoms with Crippen LogP contribution in [-0.4, -0.2) is 78.7 Å². The van der Waals surface area contributed by atoms with Crippen LogP contribution >= 0.6 is 11.3 Å². The molecule has 26 heavy (non-hydrogen) atoms. The van der Waals surface area contributed by atoms with Crippen molar-refractivity contribution in [2.75, 3.05) is 52.2 Å². The van der Waals surface area contributed by atoms with Crippen molar-refractivity contribution in [3.8, 4) is 0 Å². The molecule has 0 spiro atoms. The zero-order valence-electron chi connectivity index (χ0n) is 16.1. The Morgan fingerprint density at radius 1 is 1.27 bits per heavy atom. The lowest BCUT2D eigenvalue weighted by atomic mass is 10.2. The Labute approximate surface area is 158 Å². The van der Waals surface area contributed by atoms with E-state index < -0.39 is 0 Å². The third-order valence-corrected chi connectivity index (χ3v) is 6.16. The van der Waals surface area contributed by atoms with Gasteiger partial charge in [0.05, 0.1) is 12.5 Å². The Morgan fingerprint density at radius 3 is 2.62 bits per heavy atom. The minimum atomic E-state index is -0.320. The fourth-order valence-electron chi connectivity index (χ4n) is 3.30. The van der Waals surface area contributed by atoms with Crippen molar-refractivity contribution in [2.24, 2.45) is 0 Å². The summed E-state index contributed by atoms with van der Waals surface area (Å²) in [5.41, 5.74) is 0.881. The highest BCUT2D eigenvalue weighted by Gasteiger charge is 2.22. The Balaban J connectivity index is 1.81. The standard InChI is InChI=1S/C18H27N5O2S/c1-11(23-8-6-22(4)7-9-23)10-19-16-14-12(2)15(18(24)25-5)26-17(14)21-13(3)20-16/h11H,6-10H2,1-5H3,(H,19,20,21). The number of carbonyl (C=O) groups excluding carboxylic acids is 1. The van der Waals surface area contributed by atoms with E-state index in [9.17, 15) is 4.79 Å². The van der Waals surface area contributed by atoms with E-state index in [2.05, 4.69) is 39.1 Å². The van der Waals surface area contributed by atoms with Gasteiger partial charge in [-0.25, -0.2) is 14.8 Å². The summed E-state index contributed by atoms with van der Waals surface area (Å²) in [5.74, 6) is 1.18. The lowest BCUT2D eigenvalue weighted by Crippen LogP contribution is -2.49. The maximum atomic E-state index is 12.0. The van der Waals surface area contributed by atoms with Crippen LogP contribution in [0, 0.1) is 13.8 Å². The van der Waals surface area contributed by atoms with Crippen LogP contribution in [0.1, 0.15) is 28.0 Å². The number of likely N-dealkylation sites (N-methyl/N-ethyl adjacent to an activating group) is 1. The number of methoxy groups -OCH3 is 1. The second-order valence-corrected chi connectivity index (χ2v) is 7.92. The molecule has 2 aromatic heterocycles. The Morgan fingerprint density at radius 2 is 1.96 bits per heavy atom. The molecule has 1 N–H and O–H groups in total. The summed E-state index contributed by atoms with van der Waals surface area (Å²) < 4.78 is 4.90. The van der Waals surface area contributed by atoms with Gasteiger partial charge in [0.1, 0.15) is 21.3 Å². The Kier molecular flexibility index (Phi) is 5.74. The quantitative estimate of drug-likeness (QED) is 0.801. The van der Waals surface area contributed by atoms with Crippen LogP contribution in [0.3, 0.4) is 0 Å². The van der Waals surface area contributed by atoms with Gasteiger partial charge in [-0.05, 0) is 33.4 Å². The van der Waals surface area contributed by atoms with Crippen molar-refractivity contribution in [3.05, 3.63) is 16.3 Å². The molecule has 142 valence electrons. The van der Waals surface area contributed by atoms with Crippen molar-refractivity contribution < 1.29 is 9.53 Å². The highest BCUT2D eigenvalue weighted by molar-refractivity contribution is 7.20. The molecule has 0 saturated carbocycles. The normalized spacial score (nSPS) is 17.4. The SMILES string of the molecule is COC(=O)c1sc2nc(C)nc(NCC(C)N3CCN(C)CC3)c2c1C. The number of esters is 1. The van der Waals surface area contributed by atoms with Crippen molar-refractivity contribution in [3.63, 3.8) is 0 Å². The van der Waals surface area contributed by atoms with E-state index >= 15 is 0 Å². The van der Waals surface area contributed by atoms with Gasteiger partial charge in [0.2, 0.25) is 0 Å². The van der Waals surface area contributed by atoms with Crippen molar-refractivity contribution in [2.45, 2.75) is 26.8 Å². The smallest absolute Gasteiger partial charge is 0.348 e. The van der Waals surface area contributed by atoms with Gasteiger partial charge < -0.3 is 15.0 Å². The maximum absolute atomic E-state index is 12.0. The van der Waals surface area contributed by atoms with Crippen molar-refractivity contribution >= 4 is 33.3 Å². The number of fused-ring (bicyclic) bond motifs is 1. The number of nitrogens with zero attached hydrogens (tertiary/aromatic N) is 4. The fraction of sp³-hybridized carbons (Fsp3) is 0.611. The number of anilines is 1. The fourth-order valence-corrected chi connectivity index (χ4v) is 4.44. The first-order valence-electron chi connectivity index (χ1n) is 8.93. The van der Waals surface area contributed by atoms with E-state index in [-0.39, 0.29) is 5.97 Å². The molecule has 0 bridgehead atoms. The average Bonchev–Trinajstić information content (AvgIpc) is 2.95. The predicted octanol–water partition coefficient (Wildman–Crippen LogP) is 2.14. The summed E-state index contributed by atoms with van der Waals surface area (Å²) in [4.78, 5) is 27.4. The van der Waals surface area contributed by atoms with E-state index in [0.717, 1.165) is 54.3 Å². The molecule has 2 aromatic rings. The zero-order valence-corrected chi connectivity index (χ0v) is 16.9. The van der Waals surface area contributed by atoms with Gasteiger partial charge in [-0.15, -0.1) is 11.3 Å². The number of ether oxygens (including phenoxy) is 1. The monoisotopic (exact) mass is 377 g/mol. The molecule has 1 unspecified atom stereocenters. The van der Waals surface area contributed by atoms with Gasteiger partial charge in [-0.3, -0.25) is 4.90 Å². The molecule has 3 heterocycles. The number of nitrogens with one attached hydrogen (secondary N) is 1. The largest absolute Gasteiger partial charge is 0.465 e. The second-order valence-electron chi connectivity index (χ2n) is 6.92. The number of rotatable bonds is 5. The maximum Gasteiger partial charge on any atom is 0.348 e. The number of piperazine rings is 1. The minimum absolute atomic E-state index is 0.320. The molecule has 8 heteroatoms. The number of hydrogen-bond donors (Lipinski definition) is 1. The van der Waals surface area contributed by atoms with Gasteiger partial charge in [-0.2, -0.15) is 0 Å². The summed E-state index contributed by atoms with van der Waals surface area (Å²) in [7, 11) is 3.57. The van der Waals surface area contributed by atoms with Crippen LogP contribution in [0.5, 0.6) is 0 Å². The Bertz CT molecular complexity index is 798. The molecule has 0 aromatic carbocycles. The third kappa shape index (κ3) is 3.82. The van der Waals surface area contributed by atoms with Crippen LogP contribution in [0.25, 0.3) is 10.2 Å². The molecule has 1 fully saturated rings. The highest BCUT2D eigenvalue weighted by atomic mass is 32.1. The first-order valence-corrected chi connectivity index (χ1v) is 9.75. The zero-order chi connectivity index (χ0) is 18.8. The molecule has 0 amide bonds. The molecule has 0 radical (unpaired) electrons. The van der Waals surface area contributed by atoms with Gasteiger partial charge in [0.25, 0.3) is 0 Å². The van der Waals surface area contributed by atoms with Crippen LogP contribution < -0.4 is 5.32 Å². The molecular weight excluding hydrogens is 350 g/mol. The van der Waals surface area contributed by atoms with Crippen molar-refractivity contribution in [1.82, 2.24) is 19.8 Å². The van der Waals surface area contributed by atoms with E-state index in [1.807, 2.05) is 13.8 Å². The first kappa shape index (κ1) is 19.0. The lowest BCUT2D eigenvalue weighted by molar-refractivity contribution is 0.0605. The number of hydrogen-bond acceptors (Lipinski definition) is 8. The van der Waals surface area contributed by atoms with Crippen LogP contribution in [0.15, 0.2) is 0 Å². The van der Waals surface area contributed by atoms with Gasteiger partial charge in [-0.1, -0.05) is 0 Å². The molecular formula is C18H27N5O2S. The molecule has 0 aliphatic carbocycles. The van der Waals surface area contributed by atoms with Gasteiger partial charge in [0, 0.05) is 38.8 Å². The van der Waals surface area contributed by atoms with E-state index in [4.69, 9.17) is 4.74 Å². The molecule has 1 atom stereocenters.